The SMILES string of the molecule is COc1ncccc1COc1cc(Cl)ccc1/C(N)=N/O. The van der Waals surface area contributed by atoms with E-state index in [1.807, 2.05) is 6.07 Å². The molecule has 0 radical (unpaired) electrons. The number of hydrogen-bond donors (Lipinski definition) is 2. The number of benzene rings is 1. The Balaban J connectivity index is 2.25. The molecule has 0 fully saturated rings. The number of halogens is 1. The van der Waals surface area contributed by atoms with Crippen LogP contribution < -0.4 is 15.2 Å². The Morgan fingerprint density at radius 1 is 1.43 bits per heavy atom. The van der Waals surface area contributed by atoms with Crippen LogP contribution in [0.25, 0.3) is 0 Å². The van der Waals surface area contributed by atoms with Gasteiger partial charge < -0.3 is 20.4 Å². The number of pyridine rings is 1. The molecule has 0 saturated carbocycles. The fourth-order valence-corrected chi connectivity index (χ4v) is 1.92. The molecule has 0 aliphatic carbocycles. The molecular weight excluding hydrogens is 294 g/mol. The van der Waals surface area contributed by atoms with Crippen molar-refractivity contribution in [2.45, 2.75) is 6.61 Å². The smallest absolute Gasteiger partial charge is 0.219 e. The van der Waals surface area contributed by atoms with Crippen molar-refractivity contribution < 1.29 is 14.7 Å². The van der Waals surface area contributed by atoms with E-state index in [2.05, 4.69) is 10.1 Å². The minimum absolute atomic E-state index is 0.0557. The molecule has 0 bridgehead atoms. The van der Waals surface area contributed by atoms with Gasteiger partial charge in [0, 0.05) is 11.2 Å². The Bertz CT molecular complexity index is 662. The van der Waals surface area contributed by atoms with Crippen LogP contribution in [0.3, 0.4) is 0 Å². The van der Waals surface area contributed by atoms with E-state index in [9.17, 15) is 0 Å². The Morgan fingerprint density at radius 3 is 2.95 bits per heavy atom. The third kappa shape index (κ3) is 3.55. The van der Waals surface area contributed by atoms with Crippen LogP contribution in [-0.4, -0.2) is 23.1 Å². The lowest BCUT2D eigenvalue weighted by atomic mass is 10.2. The zero-order valence-electron chi connectivity index (χ0n) is 11.3. The average molecular weight is 308 g/mol. The van der Waals surface area contributed by atoms with Crippen LogP contribution >= 0.6 is 11.6 Å². The van der Waals surface area contributed by atoms with Gasteiger partial charge >= 0.3 is 0 Å². The molecule has 1 aromatic carbocycles. The van der Waals surface area contributed by atoms with Crippen LogP contribution in [0.2, 0.25) is 5.02 Å². The van der Waals surface area contributed by atoms with Crippen LogP contribution in [-0.2, 0) is 6.61 Å². The highest BCUT2D eigenvalue weighted by atomic mass is 35.5. The van der Waals surface area contributed by atoms with Gasteiger partial charge in [-0.05, 0) is 30.3 Å². The lowest BCUT2D eigenvalue weighted by molar-refractivity contribution is 0.292. The minimum Gasteiger partial charge on any atom is -0.488 e. The maximum absolute atomic E-state index is 8.79. The maximum atomic E-state index is 8.79. The third-order valence-electron chi connectivity index (χ3n) is 2.75. The van der Waals surface area contributed by atoms with Gasteiger partial charge in [0.1, 0.15) is 12.4 Å². The van der Waals surface area contributed by atoms with Crippen LogP contribution in [0.15, 0.2) is 41.7 Å². The first-order valence-corrected chi connectivity index (χ1v) is 6.41. The van der Waals surface area contributed by atoms with E-state index in [0.29, 0.717) is 22.2 Å². The molecule has 0 unspecified atom stereocenters. The molecular formula is C14H14ClN3O3. The summed E-state index contributed by atoms with van der Waals surface area (Å²) in [6.45, 7) is 0.211. The van der Waals surface area contributed by atoms with Gasteiger partial charge in [-0.3, -0.25) is 0 Å². The van der Waals surface area contributed by atoms with E-state index in [1.165, 1.54) is 7.11 Å². The third-order valence-corrected chi connectivity index (χ3v) is 2.99. The van der Waals surface area contributed by atoms with Crippen LogP contribution in [0.4, 0.5) is 0 Å². The first-order valence-electron chi connectivity index (χ1n) is 6.04. The summed E-state index contributed by atoms with van der Waals surface area (Å²) >= 11 is 5.94. The predicted molar refractivity (Wildman–Crippen MR) is 79.1 cm³/mol. The van der Waals surface area contributed by atoms with E-state index < -0.39 is 0 Å². The number of nitrogens with zero attached hydrogens (tertiary/aromatic N) is 2. The maximum Gasteiger partial charge on any atom is 0.219 e. The molecule has 6 nitrogen and oxygen atoms in total. The fraction of sp³-hybridized carbons (Fsp3) is 0.143. The average Bonchev–Trinajstić information content (AvgIpc) is 2.52. The second-order valence-corrected chi connectivity index (χ2v) is 4.52. The summed E-state index contributed by atoms with van der Waals surface area (Å²) < 4.78 is 10.8. The summed E-state index contributed by atoms with van der Waals surface area (Å²) in [6, 6.07) is 8.46. The molecule has 0 spiro atoms. The zero-order chi connectivity index (χ0) is 15.2. The fourth-order valence-electron chi connectivity index (χ4n) is 1.75. The van der Waals surface area contributed by atoms with E-state index in [4.69, 9.17) is 32.0 Å². The Morgan fingerprint density at radius 2 is 2.24 bits per heavy atom. The second-order valence-electron chi connectivity index (χ2n) is 4.09. The first kappa shape index (κ1) is 14.9. The Kier molecular flexibility index (Phi) is 4.84. The van der Waals surface area contributed by atoms with E-state index >= 15 is 0 Å². The van der Waals surface area contributed by atoms with Crippen molar-refractivity contribution in [2.75, 3.05) is 7.11 Å². The highest BCUT2D eigenvalue weighted by Gasteiger charge is 2.11. The van der Waals surface area contributed by atoms with Gasteiger partial charge in [0.05, 0.1) is 18.2 Å². The predicted octanol–water partition coefficient (Wildman–Crippen LogP) is 2.42. The summed E-state index contributed by atoms with van der Waals surface area (Å²) in [5, 5.41) is 12.2. The Hall–Kier alpha value is -2.47. The number of rotatable bonds is 5. The van der Waals surface area contributed by atoms with Gasteiger partial charge in [0.25, 0.3) is 0 Å². The molecule has 110 valence electrons. The van der Waals surface area contributed by atoms with Crippen LogP contribution in [0.5, 0.6) is 11.6 Å². The van der Waals surface area contributed by atoms with Crippen molar-refractivity contribution in [1.29, 1.82) is 0 Å². The molecule has 0 aliphatic heterocycles. The van der Waals surface area contributed by atoms with Gasteiger partial charge in [-0.2, -0.15) is 0 Å². The summed E-state index contributed by atoms with van der Waals surface area (Å²) in [4.78, 5) is 4.08. The van der Waals surface area contributed by atoms with Crippen molar-refractivity contribution in [3.8, 4) is 11.6 Å². The van der Waals surface area contributed by atoms with Crippen molar-refractivity contribution in [2.24, 2.45) is 10.9 Å². The molecule has 3 N–H and O–H groups in total. The molecule has 2 rings (SSSR count). The van der Waals surface area contributed by atoms with Gasteiger partial charge in [-0.25, -0.2) is 4.98 Å². The lowest BCUT2D eigenvalue weighted by Crippen LogP contribution is -2.15. The highest BCUT2D eigenvalue weighted by Crippen LogP contribution is 2.25. The number of hydrogen-bond acceptors (Lipinski definition) is 5. The largest absolute Gasteiger partial charge is 0.488 e. The quantitative estimate of drug-likeness (QED) is 0.383. The van der Waals surface area contributed by atoms with Crippen molar-refractivity contribution in [3.05, 3.63) is 52.7 Å². The molecule has 1 aromatic heterocycles. The zero-order valence-corrected chi connectivity index (χ0v) is 12.0. The topological polar surface area (TPSA) is 90.0 Å². The van der Waals surface area contributed by atoms with Crippen molar-refractivity contribution in [3.63, 3.8) is 0 Å². The molecule has 7 heteroatoms. The molecule has 21 heavy (non-hydrogen) atoms. The van der Waals surface area contributed by atoms with Gasteiger partial charge in [-0.15, -0.1) is 0 Å². The van der Waals surface area contributed by atoms with E-state index in [0.717, 1.165) is 5.56 Å². The van der Waals surface area contributed by atoms with E-state index in [1.54, 1.807) is 30.5 Å². The molecule has 0 atom stereocenters. The highest BCUT2D eigenvalue weighted by molar-refractivity contribution is 6.30. The van der Waals surface area contributed by atoms with Crippen molar-refractivity contribution >= 4 is 17.4 Å². The monoisotopic (exact) mass is 307 g/mol. The summed E-state index contributed by atoms with van der Waals surface area (Å²) in [7, 11) is 1.53. The standard InChI is InChI=1S/C14H14ClN3O3/c1-20-14-9(3-2-6-17-14)8-21-12-7-10(15)4-5-11(12)13(16)18-19/h2-7,19H,8H2,1H3,(H2,16,18). The van der Waals surface area contributed by atoms with Crippen LogP contribution in [0, 0.1) is 0 Å². The number of nitrogens with two attached hydrogens (primary N) is 1. The normalized spacial score (nSPS) is 11.2. The lowest BCUT2D eigenvalue weighted by Gasteiger charge is -2.12. The number of aromatic nitrogens is 1. The van der Waals surface area contributed by atoms with Crippen LogP contribution in [0.1, 0.15) is 11.1 Å². The first-order chi connectivity index (χ1) is 10.2. The second kappa shape index (κ2) is 6.81. The van der Waals surface area contributed by atoms with Gasteiger partial charge in [-0.1, -0.05) is 16.8 Å². The number of ether oxygens (including phenoxy) is 2. The van der Waals surface area contributed by atoms with Gasteiger partial charge in [0.2, 0.25) is 5.88 Å². The molecule has 0 amide bonds. The number of methoxy groups -OCH3 is 1. The molecule has 0 aliphatic rings. The minimum atomic E-state index is -0.0557. The van der Waals surface area contributed by atoms with Crippen molar-refractivity contribution in [1.82, 2.24) is 4.98 Å². The summed E-state index contributed by atoms with van der Waals surface area (Å²) in [5.74, 6) is 0.827. The van der Waals surface area contributed by atoms with Gasteiger partial charge in [0.15, 0.2) is 5.84 Å². The molecule has 0 saturated heterocycles. The van der Waals surface area contributed by atoms with E-state index in [-0.39, 0.29) is 12.4 Å². The number of amidine groups is 1. The molecule has 1 heterocycles. The molecule has 2 aromatic rings. The number of oxime groups is 1. The summed E-state index contributed by atoms with van der Waals surface area (Å²) in [6.07, 6.45) is 1.63. The summed E-state index contributed by atoms with van der Waals surface area (Å²) in [5.41, 5.74) is 6.83. The Labute approximate surface area is 126 Å².